The van der Waals surface area contributed by atoms with Crippen molar-refractivity contribution in [3.05, 3.63) is 71.8 Å². The van der Waals surface area contributed by atoms with Crippen LogP contribution >= 0.6 is 0 Å². The highest BCUT2D eigenvalue weighted by atomic mass is 16.5. The average Bonchev–Trinajstić information content (AvgIpc) is 2.53. The van der Waals surface area contributed by atoms with E-state index in [1.165, 1.54) is 12.7 Å². The van der Waals surface area contributed by atoms with Crippen LogP contribution in [0.15, 0.2) is 60.7 Å². The first-order valence-corrected chi connectivity index (χ1v) is 6.98. The zero-order chi connectivity index (χ0) is 14.2. The van der Waals surface area contributed by atoms with E-state index in [2.05, 4.69) is 12.1 Å². The Bertz CT molecular complexity index is 520. The van der Waals surface area contributed by atoms with E-state index in [0.717, 1.165) is 24.8 Å². The molecule has 0 amide bonds. The van der Waals surface area contributed by atoms with E-state index in [1.54, 1.807) is 0 Å². The normalized spacial score (nSPS) is 11.8. The van der Waals surface area contributed by atoms with Gasteiger partial charge in [0.25, 0.3) is 0 Å². The molecule has 2 nitrogen and oxygen atoms in total. The molecule has 0 aliphatic carbocycles. The van der Waals surface area contributed by atoms with Crippen molar-refractivity contribution in [2.75, 3.05) is 7.11 Å². The Morgan fingerprint density at radius 2 is 1.60 bits per heavy atom. The second-order valence-corrected chi connectivity index (χ2v) is 4.86. The highest BCUT2D eigenvalue weighted by Crippen LogP contribution is 2.23. The van der Waals surface area contributed by atoms with Crippen LogP contribution in [0.1, 0.15) is 29.9 Å². The molecule has 0 saturated heterocycles. The number of carbonyl (C=O) groups excluding carboxylic acids is 1. The van der Waals surface area contributed by atoms with Crippen LogP contribution < -0.4 is 0 Å². The Kier molecular flexibility index (Phi) is 5.36. The van der Waals surface area contributed by atoms with Gasteiger partial charge >= 0.3 is 5.97 Å². The second kappa shape index (κ2) is 7.49. The van der Waals surface area contributed by atoms with Crippen molar-refractivity contribution in [2.45, 2.75) is 25.2 Å². The maximum atomic E-state index is 11.9. The van der Waals surface area contributed by atoms with E-state index in [9.17, 15) is 4.79 Å². The van der Waals surface area contributed by atoms with E-state index in [-0.39, 0.29) is 11.9 Å². The topological polar surface area (TPSA) is 26.3 Å². The summed E-state index contributed by atoms with van der Waals surface area (Å²) in [4.78, 5) is 11.9. The van der Waals surface area contributed by atoms with Gasteiger partial charge in [-0.2, -0.15) is 0 Å². The molecule has 0 saturated carbocycles. The Morgan fingerprint density at radius 3 is 2.20 bits per heavy atom. The molecule has 0 aliphatic rings. The molecule has 2 aromatic rings. The van der Waals surface area contributed by atoms with Crippen LogP contribution in [-0.4, -0.2) is 13.1 Å². The number of hydrogen-bond donors (Lipinski definition) is 0. The fourth-order valence-corrected chi connectivity index (χ4v) is 2.40. The standard InChI is InChI=1S/C18H20O2/c1-20-18(19)17(16-12-6-3-7-13-16)14-8-11-15-9-4-2-5-10-15/h2-7,9-10,12-13,17H,8,11,14H2,1H3. The molecule has 0 aliphatic heterocycles. The molecule has 0 radical (unpaired) electrons. The van der Waals surface area contributed by atoms with Gasteiger partial charge in [-0.3, -0.25) is 4.79 Å². The molecule has 104 valence electrons. The van der Waals surface area contributed by atoms with Gasteiger partial charge in [-0.05, 0) is 30.4 Å². The molecule has 0 aromatic heterocycles. The van der Waals surface area contributed by atoms with Crippen LogP contribution in [0.4, 0.5) is 0 Å². The highest BCUT2D eigenvalue weighted by Gasteiger charge is 2.20. The van der Waals surface area contributed by atoms with Crippen molar-refractivity contribution in [3.63, 3.8) is 0 Å². The second-order valence-electron chi connectivity index (χ2n) is 4.86. The molecule has 20 heavy (non-hydrogen) atoms. The van der Waals surface area contributed by atoms with E-state index in [4.69, 9.17) is 4.74 Å². The predicted molar refractivity (Wildman–Crippen MR) is 80.6 cm³/mol. The van der Waals surface area contributed by atoms with Crippen molar-refractivity contribution in [3.8, 4) is 0 Å². The molecule has 0 bridgehead atoms. The van der Waals surface area contributed by atoms with Gasteiger partial charge < -0.3 is 4.74 Å². The lowest BCUT2D eigenvalue weighted by Gasteiger charge is -2.14. The minimum atomic E-state index is -0.162. The SMILES string of the molecule is COC(=O)C(CCCc1ccccc1)c1ccccc1. The van der Waals surface area contributed by atoms with Gasteiger partial charge in [0, 0.05) is 0 Å². The van der Waals surface area contributed by atoms with Crippen LogP contribution in [-0.2, 0) is 16.0 Å². The summed E-state index contributed by atoms with van der Waals surface area (Å²) >= 11 is 0. The van der Waals surface area contributed by atoms with Crippen LogP contribution in [0.5, 0.6) is 0 Å². The van der Waals surface area contributed by atoms with Crippen LogP contribution in [0.3, 0.4) is 0 Å². The molecule has 0 N–H and O–H groups in total. The monoisotopic (exact) mass is 268 g/mol. The minimum Gasteiger partial charge on any atom is -0.469 e. The number of carbonyl (C=O) groups is 1. The molecule has 2 rings (SSSR count). The summed E-state index contributed by atoms with van der Waals surface area (Å²) in [5, 5.41) is 0. The van der Waals surface area contributed by atoms with Crippen molar-refractivity contribution >= 4 is 5.97 Å². The maximum absolute atomic E-state index is 11.9. The first-order chi connectivity index (χ1) is 9.81. The Balaban J connectivity index is 1.97. The number of hydrogen-bond acceptors (Lipinski definition) is 2. The van der Waals surface area contributed by atoms with E-state index < -0.39 is 0 Å². The van der Waals surface area contributed by atoms with Gasteiger partial charge in [-0.1, -0.05) is 60.7 Å². The van der Waals surface area contributed by atoms with Crippen molar-refractivity contribution in [1.29, 1.82) is 0 Å². The smallest absolute Gasteiger partial charge is 0.313 e. The zero-order valence-corrected chi connectivity index (χ0v) is 11.8. The molecular weight excluding hydrogens is 248 g/mol. The Morgan fingerprint density at radius 1 is 1.00 bits per heavy atom. The summed E-state index contributed by atoms with van der Waals surface area (Å²) in [6.45, 7) is 0. The van der Waals surface area contributed by atoms with E-state index in [1.807, 2.05) is 48.5 Å². The quantitative estimate of drug-likeness (QED) is 0.741. The third-order valence-corrected chi connectivity index (χ3v) is 3.49. The van der Waals surface area contributed by atoms with E-state index >= 15 is 0 Å². The minimum absolute atomic E-state index is 0.149. The van der Waals surface area contributed by atoms with Crippen LogP contribution in [0.2, 0.25) is 0 Å². The van der Waals surface area contributed by atoms with Gasteiger partial charge in [0.2, 0.25) is 0 Å². The summed E-state index contributed by atoms with van der Waals surface area (Å²) in [5.41, 5.74) is 2.34. The fraction of sp³-hybridized carbons (Fsp3) is 0.278. The average molecular weight is 268 g/mol. The van der Waals surface area contributed by atoms with Gasteiger partial charge in [-0.15, -0.1) is 0 Å². The number of benzene rings is 2. The largest absolute Gasteiger partial charge is 0.469 e. The molecule has 0 spiro atoms. The molecule has 2 aromatic carbocycles. The van der Waals surface area contributed by atoms with Gasteiger partial charge in [-0.25, -0.2) is 0 Å². The van der Waals surface area contributed by atoms with Crippen molar-refractivity contribution in [2.24, 2.45) is 0 Å². The number of rotatable bonds is 6. The number of ether oxygens (including phenoxy) is 1. The molecule has 1 atom stereocenters. The molecule has 1 unspecified atom stereocenters. The third kappa shape index (κ3) is 3.95. The number of methoxy groups -OCH3 is 1. The summed E-state index contributed by atoms with van der Waals surface area (Å²) in [6.07, 6.45) is 2.77. The van der Waals surface area contributed by atoms with E-state index in [0.29, 0.717) is 0 Å². The lowest BCUT2D eigenvalue weighted by Crippen LogP contribution is -2.14. The van der Waals surface area contributed by atoms with Gasteiger partial charge in [0.1, 0.15) is 0 Å². The lowest BCUT2D eigenvalue weighted by atomic mass is 9.92. The number of esters is 1. The molecular formula is C18H20O2. The third-order valence-electron chi connectivity index (χ3n) is 3.49. The van der Waals surface area contributed by atoms with Crippen LogP contribution in [0.25, 0.3) is 0 Å². The van der Waals surface area contributed by atoms with Crippen LogP contribution in [0, 0.1) is 0 Å². The van der Waals surface area contributed by atoms with Gasteiger partial charge in [0.05, 0.1) is 13.0 Å². The van der Waals surface area contributed by atoms with Crippen molar-refractivity contribution < 1.29 is 9.53 Å². The predicted octanol–water partition coefficient (Wildman–Crippen LogP) is 3.97. The summed E-state index contributed by atoms with van der Waals surface area (Å²) in [7, 11) is 1.45. The Hall–Kier alpha value is -2.09. The Labute approximate surface area is 120 Å². The van der Waals surface area contributed by atoms with Gasteiger partial charge in [0.15, 0.2) is 0 Å². The zero-order valence-electron chi connectivity index (χ0n) is 11.8. The highest BCUT2D eigenvalue weighted by molar-refractivity contribution is 5.77. The lowest BCUT2D eigenvalue weighted by molar-refractivity contribution is -0.142. The maximum Gasteiger partial charge on any atom is 0.313 e. The summed E-state index contributed by atoms with van der Waals surface area (Å²) < 4.78 is 4.93. The molecule has 2 heteroatoms. The molecule has 0 heterocycles. The van der Waals surface area contributed by atoms with Crippen molar-refractivity contribution in [1.82, 2.24) is 0 Å². The molecule has 0 fully saturated rings. The first-order valence-electron chi connectivity index (χ1n) is 6.98. The fourth-order valence-electron chi connectivity index (χ4n) is 2.40. The number of aryl methyl sites for hydroxylation is 1. The summed E-state index contributed by atoms with van der Waals surface area (Å²) in [5.74, 6) is -0.311. The first kappa shape index (κ1) is 14.3. The summed E-state index contributed by atoms with van der Waals surface area (Å²) in [6, 6.07) is 20.2.